The first-order valence-corrected chi connectivity index (χ1v) is 23.8. The lowest BCUT2D eigenvalue weighted by Gasteiger charge is -2.25. The molecule has 0 radical (unpaired) electrons. The second-order valence-corrected chi connectivity index (χ2v) is 19.3. The van der Waals surface area contributed by atoms with Crippen LogP contribution in [0.25, 0.3) is 0 Å². The monoisotopic (exact) mass is 873 g/mol. The first-order valence-electron chi connectivity index (χ1n) is 23.8. The van der Waals surface area contributed by atoms with Gasteiger partial charge in [0.25, 0.3) is 0 Å². The molecule has 0 aromatic heterocycles. The summed E-state index contributed by atoms with van der Waals surface area (Å²) in [6, 6.07) is 0. The van der Waals surface area contributed by atoms with Crippen molar-refractivity contribution in [1.29, 1.82) is 0 Å². The number of hydrogen-bond acceptors (Lipinski definition) is 10. The van der Waals surface area contributed by atoms with Gasteiger partial charge in [0.05, 0.1) is 41.3 Å². The third kappa shape index (κ3) is 10.2. The summed E-state index contributed by atoms with van der Waals surface area (Å²) < 4.78 is 10.9. The molecule has 0 spiro atoms. The molecule has 6 aliphatic rings. The largest absolute Gasteiger partial charge is 0.507 e. The Morgan fingerprint density at radius 3 is 2.22 bits per heavy atom. The van der Waals surface area contributed by atoms with Crippen molar-refractivity contribution < 1.29 is 29.3 Å². The standard InChI is InChI=1S/C54H72N4O6/c1-12-40-35(8)42-28-39-27-38(23-24-47(59)64-26-25-34(7)22-16-21-33(6)20-15-19-32(5)18-14-17-31(3)4)50(55-39)49-51-48(52(60)54(49,62)53(61)63-11)37(10)44(58-51)30-46-41(13-2)36(9)43(57-46)29-45(40)56-42/h12,25,28-33,38,55,60,62H,1,13-24,26-27H2,2-11H3/b34-25+,39-28?,45-29?,46-30?,50-49?/t32?,33?,38-,54-/m0/s1. The van der Waals surface area contributed by atoms with E-state index in [1.165, 1.54) is 57.6 Å². The second kappa shape index (κ2) is 20.8. The summed E-state index contributed by atoms with van der Waals surface area (Å²) in [5.41, 5.74) is 8.71. The summed E-state index contributed by atoms with van der Waals surface area (Å²) in [7, 11) is 1.18. The van der Waals surface area contributed by atoms with Crippen molar-refractivity contribution in [3.05, 3.63) is 116 Å². The lowest BCUT2D eigenvalue weighted by molar-refractivity contribution is -0.156. The number of esters is 2. The van der Waals surface area contributed by atoms with E-state index in [4.69, 9.17) is 24.5 Å². The van der Waals surface area contributed by atoms with Crippen molar-refractivity contribution in [2.24, 2.45) is 38.6 Å². The number of fused-ring (bicyclic) bond motifs is 5. The van der Waals surface area contributed by atoms with Crippen molar-refractivity contribution in [3.63, 3.8) is 0 Å². The summed E-state index contributed by atoms with van der Waals surface area (Å²) in [4.78, 5) is 42.1. The van der Waals surface area contributed by atoms with Gasteiger partial charge in [-0.2, -0.15) is 0 Å². The molecule has 6 rings (SSSR count). The van der Waals surface area contributed by atoms with E-state index in [1.54, 1.807) is 0 Å². The summed E-state index contributed by atoms with van der Waals surface area (Å²) in [6.07, 6.45) is 22.5. The molecule has 0 aromatic rings. The topological polar surface area (TPSA) is 142 Å². The number of hydrogen-bond donors (Lipinski definition) is 3. The molecule has 5 heterocycles. The maximum absolute atomic E-state index is 13.6. The van der Waals surface area contributed by atoms with Gasteiger partial charge >= 0.3 is 11.9 Å². The Balaban J connectivity index is 1.19. The minimum atomic E-state index is -2.53. The average Bonchev–Trinajstić information content (AvgIpc) is 4.01. The molecular weight excluding hydrogens is 801 g/mol. The molecule has 2 unspecified atom stereocenters. The summed E-state index contributed by atoms with van der Waals surface area (Å²) in [6.45, 7) is 23.7. The fourth-order valence-corrected chi connectivity index (χ4v) is 9.94. The molecule has 10 heteroatoms. The van der Waals surface area contributed by atoms with Crippen LogP contribution in [-0.4, -0.2) is 58.6 Å². The van der Waals surface area contributed by atoms with Gasteiger partial charge in [-0.05, 0) is 124 Å². The fraction of sp³-hybridized carbons (Fsp3) is 0.537. The van der Waals surface area contributed by atoms with Crippen molar-refractivity contribution in [2.75, 3.05) is 13.7 Å². The number of aliphatic hydroxyl groups is 2. The molecule has 0 amide bonds. The number of ether oxygens (including phenoxy) is 2. The number of nitrogens with zero attached hydrogens (tertiary/aromatic N) is 3. The Morgan fingerprint density at radius 1 is 0.906 bits per heavy atom. The van der Waals surface area contributed by atoms with E-state index in [9.17, 15) is 19.8 Å². The average molecular weight is 873 g/mol. The quantitative estimate of drug-likeness (QED) is 0.0816. The van der Waals surface area contributed by atoms with Crippen molar-refractivity contribution in [2.45, 2.75) is 151 Å². The molecule has 0 saturated carbocycles. The van der Waals surface area contributed by atoms with E-state index in [0.29, 0.717) is 35.7 Å². The van der Waals surface area contributed by atoms with Gasteiger partial charge in [0.2, 0.25) is 5.60 Å². The number of aliphatic imine (C=N–C) groups is 3. The Bertz CT molecular complexity index is 2320. The number of carbonyl (C=O) groups is 2. The molecule has 10 nitrogen and oxygen atoms in total. The molecule has 344 valence electrons. The fourth-order valence-electron chi connectivity index (χ4n) is 9.94. The van der Waals surface area contributed by atoms with Crippen LogP contribution < -0.4 is 5.32 Å². The van der Waals surface area contributed by atoms with Crippen molar-refractivity contribution in [1.82, 2.24) is 5.32 Å². The van der Waals surface area contributed by atoms with Crippen LogP contribution in [0, 0.1) is 23.7 Å². The van der Waals surface area contributed by atoms with Gasteiger partial charge in [0.15, 0.2) is 5.76 Å². The van der Waals surface area contributed by atoms with Crippen molar-refractivity contribution >= 4 is 29.1 Å². The molecule has 5 aliphatic heterocycles. The third-order valence-corrected chi connectivity index (χ3v) is 13.9. The minimum absolute atomic E-state index is 0.0974. The van der Waals surface area contributed by atoms with Crippen LogP contribution in [0.2, 0.25) is 0 Å². The number of methoxy groups -OCH3 is 1. The number of carbonyl (C=O) groups excluding carboxylic acids is 2. The van der Waals surface area contributed by atoms with E-state index in [2.05, 4.69) is 60.4 Å². The summed E-state index contributed by atoms with van der Waals surface area (Å²) in [5, 5.41) is 27.7. The predicted octanol–water partition coefficient (Wildman–Crippen LogP) is 11.8. The SMILES string of the molecule is C=CC1=C(C)C2=NC1=CC1=NC(=CC3=C(C)C4=C(O)[C@](O)(C(=O)OC)C(=C5NC(=C2)C[C@@H]5CCC(=O)OC/C=C(\C)CCCC(C)CCCC(C)CCCC(C)C)C4=N3)C(CC)=C1C. The van der Waals surface area contributed by atoms with Gasteiger partial charge in [-0.1, -0.05) is 97.8 Å². The van der Waals surface area contributed by atoms with E-state index < -0.39 is 17.3 Å². The third-order valence-electron chi connectivity index (χ3n) is 13.9. The van der Waals surface area contributed by atoms with Crippen LogP contribution in [-0.2, 0) is 19.1 Å². The van der Waals surface area contributed by atoms with Crippen LogP contribution in [0.15, 0.2) is 131 Å². The second-order valence-electron chi connectivity index (χ2n) is 19.3. The van der Waals surface area contributed by atoms with Crippen molar-refractivity contribution in [3.8, 4) is 0 Å². The van der Waals surface area contributed by atoms with Crippen LogP contribution in [0.1, 0.15) is 146 Å². The van der Waals surface area contributed by atoms with E-state index in [1.807, 2.05) is 44.2 Å². The maximum atomic E-state index is 13.6. The van der Waals surface area contributed by atoms with Crippen LogP contribution in [0.4, 0.5) is 0 Å². The highest BCUT2D eigenvalue weighted by Crippen LogP contribution is 2.50. The normalized spacial score (nSPS) is 22.8. The highest BCUT2D eigenvalue weighted by Gasteiger charge is 2.59. The van der Waals surface area contributed by atoms with Gasteiger partial charge in [-0.25, -0.2) is 19.8 Å². The Kier molecular flexibility index (Phi) is 15.7. The summed E-state index contributed by atoms with van der Waals surface area (Å²) >= 11 is 0. The van der Waals surface area contributed by atoms with Gasteiger partial charge in [-0.3, -0.25) is 4.79 Å². The smallest absolute Gasteiger partial charge is 0.350 e. The number of nitrogens with one attached hydrogen (secondary N) is 1. The number of rotatable bonds is 20. The Morgan fingerprint density at radius 2 is 1.56 bits per heavy atom. The molecule has 3 N–H and O–H groups in total. The zero-order valence-corrected chi connectivity index (χ0v) is 40.2. The molecular formula is C54H72N4O6. The highest BCUT2D eigenvalue weighted by atomic mass is 16.5. The lowest BCUT2D eigenvalue weighted by atomic mass is 9.87. The molecule has 64 heavy (non-hydrogen) atoms. The van der Waals surface area contributed by atoms with Crippen LogP contribution >= 0.6 is 0 Å². The maximum Gasteiger partial charge on any atom is 0.350 e. The first-order chi connectivity index (χ1) is 30.5. The minimum Gasteiger partial charge on any atom is -0.507 e. The molecule has 1 saturated heterocycles. The molecule has 1 aliphatic carbocycles. The van der Waals surface area contributed by atoms with Gasteiger partial charge in [-0.15, -0.1) is 0 Å². The molecule has 0 aromatic carbocycles. The number of allylic oxidation sites excluding steroid dienone is 12. The van der Waals surface area contributed by atoms with Gasteiger partial charge in [0, 0.05) is 40.5 Å². The lowest BCUT2D eigenvalue weighted by Crippen LogP contribution is -2.44. The van der Waals surface area contributed by atoms with E-state index in [0.717, 1.165) is 81.9 Å². The predicted molar refractivity (Wildman–Crippen MR) is 259 cm³/mol. The molecule has 4 atom stereocenters. The van der Waals surface area contributed by atoms with E-state index >= 15 is 0 Å². The van der Waals surface area contributed by atoms with Crippen LogP contribution in [0.5, 0.6) is 0 Å². The zero-order chi connectivity index (χ0) is 46.5. The van der Waals surface area contributed by atoms with E-state index in [-0.39, 0.29) is 41.8 Å². The summed E-state index contributed by atoms with van der Waals surface area (Å²) in [5.74, 6) is 0.00477. The number of aliphatic hydroxyl groups excluding tert-OH is 1. The van der Waals surface area contributed by atoms with Gasteiger partial charge in [0.1, 0.15) is 6.61 Å². The first kappa shape index (κ1) is 48.4. The van der Waals surface area contributed by atoms with Crippen LogP contribution in [0.3, 0.4) is 0 Å². The Hall–Kier alpha value is -5.09. The zero-order valence-electron chi connectivity index (χ0n) is 40.2. The Labute approximate surface area is 382 Å². The highest BCUT2D eigenvalue weighted by molar-refractivity contribution is 6.26. The molecule has 1 fully saturated rings. The molecule has 8 bridgehead atoms. The van der Waals surface area contributed by atoms with Gasteiger partial charge < -0.3 is 25.0 Å².